The summed E-state index contributed by atoms with van der Waals surface area (Å²) in [6.45, 7) is 0. The third-order valence-corrected chi connectivity index (χ3v) is 5.36. The van der Waals surface area contributed by atoms with Gasteiger partial charge >= 0.3 is 0 Å². The van der Waals surface area contributed by atoms with Gasteiger partial charge in [-0.2, -0.15) is 0 Å². The fraction of sp³-hybridized carbons (Fsp3) is 0.318. The number of carbonyl (C=O) groups excluding carboxylic acids is 1. The van der Waals surface area contributed by atoms with Gasteiger partial charge in [0.2, 0.25) is 0 Å². The Kier molecular flexibility index (Phi) is 5.01. The zero-order valence-electron chi connectivity index (χ0n) is 15.6. The van der Waals surface area contributed by atoms with Crippen LogP contribution in [0, 0.1) is 0 Å². The van der Waals surface area contributed by atoms with Gasteiger partial charge in [-0.3, -0.25) is 4.79 Å². The topological polar surface area (TPSA) is 51.0 Å². The highest BCUT2D eigenvalue weighted by Crippen LogP contribution is 2.28. The molecule has 2 aromatic carbocycles. The highest BCUT2D eigenvalue weighted by atomic mass is 16.2. The van der Waals surface area contributed by atoms with Gasteiger partial charge in [0.05, 0.1) is 5.69 Å². The molecule has 5 nitrogen and oxygen atoms in total. The van der Waals surface area contributed by atoms with E-state index in [-0.39, 0.29) is 11.9 Å². The maximum absolute atomic E-state index is 13.3. The van der Waals surface area contributed by atoms with Crippen molar-refractivity contribution in [1.82, 2.24) is 19.9 Å². The van der Waals surface area contributed by atoms with E-state index in [2.05, 4.69) is 10.3 Å². The van der Waals surface area contributed by atoms with Gasteiger partial charge in [-0.1, -0.05) is 73.0 Å². The Morgan fingerprint density at radius 3 is 2.26 bits per heavy atom. The van der Waals surface area contributed by atoms with Crippen LogP contribution in [0.25, 0.3) is 16.9 Å². The number of aromatic nitrogens is 3. The van der Waals surface area contributed by atoms with Crippen LogP contribution in [0.2, 0.25) is 0 Å². The second-order valence-corrected chi connectivity index (χ2v) is 7.11. The van der Waals surface area contributed by atoms with Crippen molar-refractivity contribution in [2.45, 2.75) is 38.1 Å². The summed E-state index contributed by atoms with van der Waals surface area (Å²) in [4.78, 5) is 15.2. The fourth-order valence-corrected chi connectivity index (χ4v) is 3.83. The predicted molar refractivity (Wildman–Crippen MR) is 106 cm³/mol. The number of hydrogen-bond acceptors (Lipinski definition) is 3. The molecule has 0 radical (unpaired) electrons. The van der Waals surface area contributed by atoms with Crippen LogP contribution in [0.4, 0.5) is 0 Å². The van der Waals surface area contributed by atoms with Gasteiger partial charge in [-0.25, -0.2) is 4.68 Å². The van der Waals surface area contributed by atoms with Gasteiger partial charge in [0.25, 0.3) is 5.91 Å². The van der Waals surface area contributed by atoms with E-state index in [0.29, 0.717) is 5.69 Å². The SMILES string of the molecule is CN(C(=O)c1nnn(-c2ccccc2)c1-c1ccccc1)C1CCCCC1. The number of carbonyl (C=O) groups is 1. The normalized spacial score (nSPS) is 14.9. The van der Waals surface area contributed by atoms with E-state index in [0.717, 1.165) is 29.8 Å². The molecule has 0 spiro atoms. The lowest BCUT2D eigenvalue weighted by Crippen LogP contribution is -2.38. The van der Waals surface area contributed by atoms with Crippen LogP contribution in [0.5, 0.6) is 0 Å². The molecular formula is C22H24N4O. The molecule has 1 aromatic heterocycles. The van der Waals surface area contributed by atoms with Gasteiger partial charge < -0.3 is 4.90 Å². The van der Waals surface area contributed by atoms with Crippen molar-refractivity contribution >= 4 is 5.91 Å². The van der Waals surface area contributed by atoms with Crippen LogP contribution in [-0.4, -0.2) is 38.9 Å². The van der Waals surface area contributed by atoms with E-state index in [1.165, 1.54) is 19.3 Å². The van der Waals surface area contributed by atoms with Crippen molar-refractivity contribution in [3.05, 3.63) is 66.4 Å². The van der Waals surface area contributed by atoms with Gasteiger partial charge in [0, 0.05) is 18.7 Å². The van der Waals surface area contributed by atoms with Crippen molar-refractivity contribution in [3.8, 4) is 16.9 Å². The molecule has 5 heteroatoms. The highest BCUT2D eigenvalue weighted by Gasteiger charge is 2.29. The molecule has 1 saturated carbocycles. The lowest BCUT2D eigenvalue weighted by molar-refractivity contribution is 0.0691. The minimum Gasteiger partial charge on any atom is -0.337 e. The first-order valence-corrected chi connectivity index (χ1v) is 9.59. The number of amides is 1. The minimum absolute atomic E-state index is 0.0528. The van der Waals surface area contributed by atoms with Gasteiger partial charge in [0.1, 0.15) is 5.69 Å². The maximum Gasteiger partial charge on any atom is 0.276 e. The number of nitrogens with zero attached hydrogens (tertiary/aromatic N) is 4. The Balaban J connectivity index is 1.76. The number of rotatable bonds is 4. The second kappa shape index (κ2) is 7.74. The van der Waals surface area contributed by atoms with Crippen molar-refractivity contribution in [2.24, 2.45) is 0 Å². The Labute approximate surface area is 159 Å². The Morgan fingerprint density at radius 1 is 0.963 bits per heavy atom. The first-order valence-electron chi connectivity index (χ1n) is 9.59. The Morgan fingerprint density at radius 2 is 1.59 bits per heavy atom. The van der Waals surface area contributed by atoms with Crippen LogP contribution in [-0.2, 0) is 0 Å². The predicted octanol–water partition coefficient (Wildman–Crippen LogP) is 4.34. The van der Waals surface area contributed by atoms with E-state index in [9.17, 15) is 4.79 Å². The molecule has 3 aromatic rings. The summed E-state index contributed by atoms with van der Waals surface area (Å²) < 4.78 is 1.76. The van der Waals surface area contributed by atoms with Crippen molar-refractivity contribution < 1.29 is 4.79 Å². The summed E-state index contributed by atoms with van der Waals surface area (Å²) in [6, 6.07) is 20.0. The minimum atomic E-state index is -0.0528. The quantitative estimate of drug-likeness (QED) is 0.695. The van der Waals surface area contributed by atoms with Crippen molar-refractivity contribution in [2.75, 3.05) is 7.05 Å². The molecule has 138 valence electrons. The molecule has 0 aliphatic heterocycles. The summed E-state index contributed by atoms with van der Waals surface area (Å²) >= 11 is 0. The van der Waals surface area contributed by atoms with E-state index < -0.39 is 0 Å². The number of hydrogen-bond donors (Lipinski definition) is 0. The molecule has 0 atom stereocenters. The average molecular weight is 360 g/mol. The smallest absolute Gasteiger partial charge is 0.276 e. The standard InChI is InChI=1S/C22H24N4O/c1-25(18-13-7-3-8-14-18)22(27)20-21(17-11-5-2-6-12-17)26(24-23-20)19-15-9-4-10-16-19/h2,4-6,9-12,15-16,18H,3,7-8,13-14H2,1H3. The summed E-state index contributed by atoms with van der Waals surface area (Å²) in [5.74, 6) is -0.0528. The molecule has 4 rings (SSSR count). The maximum atomic E-state index is 13.3. The monoisotopic (exact) mass is 360 g/mol. The highest BCUT2D eigenvalue weighted by molar-refractivity contribution is 5.98. The largest absolute Gasteiger partial charge is 0.337 e. The Hall–Kier alpha value is -2.95. The molecule has 0 saturated heterocycles. The van der Waals surface area contributed by atoms with E-state index in [1.54, 1.807) is 4.68 Å². The van der Waals surface area contributed by atoms with Gasteiger partial charge in [0.15, 0.2) is 5.69 Å². The van der Waals surface area contributed by atoms with E-state index >= 15 is 0 Å². The first-order chi connectivity index (χ1) is 13.3. The van der Waals surface area contributed by atoms with E-state index in [1.807, 2.05) is 72.6 Å². The summed E-state index contributed by atoms with van der Waals surface area (Å²) in [5.41, 5.74) is 2.99. The first kappa shape index (κ1) is 17.5. The average Bonchev–Trinajstić information content (AvgIpc) is 3.19. The number of benzene rings is 2. The van der Waals surface area contributed by atoms with Crippen molar-refractivity contribution in [3.63, 3.8) is 0 Å². The van der Waals surface area contributed by atoms with Crippen LogP contribution in [0.3, 0.4) is 0 Å². The van der Waals surface area contributed by atoms with Crippen LogP contribution < -0.4 is 0 Å². The summed E-state index contributed by atoms with van der Waals surface area (Å²) in [5, 5.41) is 8.64. The molecule has 0 bridgehead atoms. The van der Waals surface area contributed by atoms with Gasteiger partial charge in [-0.15, -0.1) is 5.10 Å². The van der Waals surface area contributed by atoms with Gasteiger partial charge in [-0.05, 0) is 25.0 Å². The molecule has 1 amide bonds. The third-order valence-electron chi connectivity index (χ3n) is 5.36. The molecule has 0 N–H and O–H groups in total. The Bertz CT molecular complexity index is 899. The third kappa shape index (κ3) is 3.50. The number of para-hydroxylation sites is 1. The molecule has 1 aliphatic rings. The zero-order chi connectivity index (χ0) is 18.6. The molecule has 27 heavy (non-hydrogen) atoms. The molecule has 1 aliphatic carbocycles. The summed E-state index contributed by atoms with van der Waals surface area (Å²) in [6.07, 6.45) is 5.76. The summed E-state index contributed by atoms with van der Waals surface area (Å²) in [7, 11) is 1.90. The molecule has 1 fully saturated rings. The van der Waals surface area contributed by atoms with Crippen molar-refractivity contribution in [1.29, 1.82) is 0 Å². The van der Waals surface area contributed by atoms with Crippen LogP contribution in [0.15, 0.2) is 60.7 Å². The zero-order valence-corrected chi connectivity index (χ0v) is 15.6. The van der Waals surface area contributed by atoms with Crippen LogP contribution >= 0.6 is 0 Å². The van der Waals surface area contributed by atoms with Crippen LogP contribution in [0.1, 0.15) is 42.6 Å². The second-order valence-electron chi connectivity index (χ2n) is 7.11. The lowest BCUT2D eigenvalue weighted by atomic mass is 9.94. The van der Waals surface area contributed by atoms with E-state index in [4.69, 9.17) is 0 Å². The molecule has 1 heterocycles. The molecular weight excluding hydrogens is 336 g/mol. The fourth-order valence-electron chi connectivity index (χ4n) is 3.83. The molecule has 0 unspecified atom stereocenters. The lowest BCUT2D eigenvalue weighted by Gasteiger charge is -2.30.